The molecule has 6 heteroatoms. The van der Waals surface area contributed by atoms with Crippen molar-refractivity contribution < 1.29 is 14.3 Å². The van der Waals surface area contributed by atoms with Crippen LogP contribution in [0.15, 0.2) is 48.5 Å². The van der Waals surface area contributed by atoms with Crippen molar-refractivity contribution in [3.63, 3.8) is 0 Å². The zero-order chi connectivity index (χ0) is 17.8. The number of nitrogens with one attached hydrogen (secondary N) is 1. The maximum absolute atomic E-state index is 12.7. The molecule has 1 saturated heterocycles. The molecule has 130 valence electrons. The predicted octanol–water partition coefficient (Wildman–Crippen LogP) is 3.01. The van der Waals surface area contributed by atoms with Gasteiger partial charge in [0.2, 0.25) is 11.8 Å². The average Bonchev–Trinajstić information content (AvgIpc) is 2.58. The van der Waals surface area contributed by atoms with E-state index in [1.807, 2.05) is 31.2 Å². The van der Waals surface area contributed by atoms with Crippen LogP contribution >= 0.6 is 11.6 Å². The van der Waals surface area contributed by atoms with Crippen molar-refractivity contribution in [2.24, 2.45) is 0 Å². The Balaban J connectivity index is 1.75. The van der Waals surface area contributed by atoms with Gasteiger partial charge in [0, 0.05) is 17.3 Å². The number of amides is 2. The van der Waals surface area contributed by atoms with Crippen LogP contribution in [-0.4, -0.2) is 36.0 Å². The molecule has 25 heavy (non-hydrogen) atoms. The summed E-state index contributed by atoms with van der Waals surface area (Å²) >= 11 is 5.95. The SMILES string of the molecule is Cc1ccc(CN2C(=O)COC[C@H]2C(=O)Nc2cccc(Cl)c2)cc1. The summed E-state index contributed by atoms with van der Waals surface area (Å²) in [7, 11) is 0. The molecule has 3 rings (SSSR count). The first-order valence-electron chi connectivity index (χ1n) is 8.02. The lowest BCUT2D eigenvalue weighted by molar-refractivity contribution is -0.154. The Kier molecular flexibility index (Phi) is 5.36. The summed E-state index contributed by atoms with van der Waals surface area (Å²) in [4.78, 5) is 26.5. The third-order valence-corrected chi connectivity index (χ3v) is 4.30. The Morgan fingerprint density at radius 1 is 1.28 bits per heavy atom. The summed E-state index contributed by atoms with van der Waals surface area (Å²) in [6, 6.07) is 14.1. The highest BCUT2D eigenvalue weighted by Gasteiger charge is 2.34. The van der Waals surface area contributed by atoms with Crippen molar-refractivity contribution >= 4 is 29.1 Å². The first-order valence-corrected chi connectivity index (χ1v) is 8.40. The summed E-state index contributed by atoms with van der Waals surface area (Å²) < 4.78 is 5.29. The highest BCUT2D eigenvalue weighted by Crippen LogP contribution is 2.18. The highest BCUT2D eigenvalue weighted by molar-refractivity contribution is 6.30. The van der Waals surface area contributed by atoms with Gasteiger partial charge >= 0.3 is 0 Å². The number of nitrogens with zero attached hydrogens (tertiary/aromatic N) is 1. The molecule has 1 N–H and O–H groups in total. The summed E-state index contributed by atoms with van der Waals surface area (Å²) in [5.74, 6) is -0.486. The number of hydrogen-bond donors (Lipinski definition) is 1. The van der Waals surface area contributed by atoms with Gasteiger partial charge in [-0.3, -0.25) is 9.59 Å². The fourth-order valence-corrected chi connectivity index (χ4v) is 2.89. The van der Waals surface area contributed by atoms with E-state index in [0.717, 1.165) is 11.1 Å². The number of carbonyl (C=O) groups excluding carboxylic acids is 2. The molecular formula is C19H19ClN2O3. The molecule has 0 saturated carbocycles. The lowest BCUT2D eigenvalue weighted by atomic mass is 10.1. The zero-order valence-corrected chi connectivity index (χ0v) is 14.6. The largest absolute Gasteiger partial charge is 0.369 e. The number of anilines is 1. The second-order valence-corrected chi connectivity index (χ2v) is 6.47. The lowest BCUT2D eigenvalue weighted by Gasteiger charge is -2.34. The van der Waals surface area contributed by atoms with Gasteiger partial charge < -0.3 is 15.0 Å². The first kappa shape index (κ1) is 17.5. The van der Waals surface area contributed by atoms with E-state index < -0.39 is 6.04 Å². The lowest BCUT2D eigenvalue weighted by Crippen LogP contribution is -2.54. The van der Waals surface area contributed by atoms with Gasteiger partial charge in [0.1, 0.15) is 12.6 Å². The van der Waals surface area contributed by atoms with Crippen LogP contribution in [-0.2, 0) is 20.9 Å². The van der Waals surface area contributed by atoms with Crippen molar-refractivity contribution in [3.8, 4) is 0 Å². The Hall–Kier alpha value is -2.37. The topological polar surface area (TPSA) is 58.6 Å². The molecule has 0 radical (unpaired) electrons. The number of morpholine rings is 1. The van der Waals surface area contributed by atoms with E-state index in [0.29, 0.717) is 17.3 Å². The van der Waals surface area contributed by atoms with Crippen molar-refractivity contribution in [1.29, 1.82) is 0 Å². The highest BCUT2D eigenvalue weighted by atomic mass is 35.5. The van der Waals surface area contributed by atoms with Crippen LogP contribution in [0.25, 0.3) is 0 Å². The molecule has 1 heterocycles. The van der Waals surface area contributed by atoms with Crippen LogP contribution in [0, 0.1) is 6.92 Å². The van der Waals surface area contributed by atoms with Gasteiger partial charge in [0.15, 0.2) is 0 Å². The fourth-order valence-electron chi connectivity index (χ4n) is 2.70. The molecule has 1 aliphatic heterocycles. The van der Waals surface area contributed by atoms with E-state index in [1.165, 1.54) is 0 Å². The van der Waals surface area contributed by atoms with Crippen molar-refractivity contribution in [2.75, 3.05) is 18.5 Å². The van der Waals surface area contributed by atoms with E-state index in [1.54, 1.807) is 29.2 Å². The summed E-state index contributed by atoms with van der Waals surface area (Å²) in [5.41, 5.74) is 2.71. The minimum atomic E-state index is -0.679. The molecule has 0 aromatic heterocycles. The molecule has 0 bridgehead atoms. The third-order valence-electron chi connectivity index (χ3n) is 4.07. The van der Waals surface area contributed by atoms with Gasteiger partial charge in [-0.2, -0.15) is 0 Å². The molecule has 0 spiro atoms. The summed E-state index contributed by atoms with van der Waals surface area (Å²) in [6.45, 7) is 2.54. The summed E-state index contributed by atoms with van der Waals surface area (Å²) in [5, 5.41) is 3.33. The van der Waals surface area contributed by atoms with Crippen LogP contribution in [0.1, 0.15) is 11.1 Å². The van der Waals surface area contributed by atoms with Crippen LogP contribution in [0.2, 0.25) is 5.02 Å². The molecule has 1 fully saturated rings. The van der Waals surface area contributed by atoms with Crippen LogP contribution < -0.4 is 5.32 Å². The van der Waals surface area contributed by atoms with E-state index in [2.05, 4.69) is 5.32 Å². The quantitative estimate of drug-likeness (QED) is 0.914. The smallest absolute Gasteiger partial charge is 0.249 e. The van der Waals surface area contributed by atoms with Crippen LogP contribution in [0.4, 0.5) is 5.69 Å². The van der Waals surface area contributed by atoms with E-state index in [4.69, 9.17) is 16.3 Å². The van der Waals surface area contributed by atoms with E-state index in [9.17, 15) is 9.59 Å². The Bertz CT molecular complexity index is 776. The molecule has 1 aliphatic rings. The minimum absolute atomic E-state index is 0.00714. The van der Waals surface area contributed by atoms with Gasteiger partial charge in [-0.25, -0.2) is 0 Å². The van der Waals surface area contributed by atoms with Crippen LogP contribution in [0.5, 0.6) is 0 Å². The first-order chi connectivity index (χ1) is 12.0. The second-order valence-electron chi connectivity index (χ2n) is 6.04. The van der Waals surface area contributed by atoms with Gasteiger partial charge in [-0.05, 0) is 30.7 Å². The number of aryl methyl sites for hydroxylation is 1. The van der Waals surface area contributed by atoms with E-state index in [-0.39, 0.29) is 25.0 Å². The minimum Gasteiger partial charge on any atom is -0.369 e. The molecule has 2 aromatic rings. The van der Waals surface area contributed by atoms with Gasteiger partial charge in [-0.15, -0.1) is 0 Å². The second kappa shape index (κ2) is 7.68. The van der Waals surface area contributed by atoms with Gasteiger partial charge in [-0.1, -0.05) is 47.5 Å². The molecule has 1 atom stereocenters. The number of carbonyl (C=O) groups is 2. The average molecular weight is 359 g/mol. The van der Waals surface area contributed by atoms with E-state index >= 15 is 0 Å². The number of rotatable bonds is 4. The number of benzene rings is 2. The molecule has 2 aromatic carbocycles. The molecular weight excluding hydrogens is 340 g/mol. The van der Waals surface area contributed by atoms with Gasteiger partial charge in [0.25, 0.3) is 0 Å². The predicted molar refractivity (Wildman–Crippen MR) is 96.4 cm³/mol. The molecule has 5 nitrogen and oxygen atoms in total. The molecule has 0 aliphatic carbocycles. The summed E-state index contributed by atoms with van der Waals surface area (Å²) in [6.07, 6.45) is 0. The van der Waals surface area contributed by atoms with Crippen molar-refractivity contribution in [1.82, 2.24) is 4.90 Å². The number of ether oxygens (including phenoxy) is 1. The normalized spacial score (nSPS) is 17.4. The Morgan fingerprint density at radius 2 is 2.04 bits per heavy atom. The Labute approximate surface area is 151 Å². The third kappa shape index (κ3) is 4.38. The Morgan fingerprint density at radius 3 is 2.76 bits per heavy atom. The monoisotopic (exact) mass is 358 g/mol. The van der Waals surface area contributed by atoms with Crippen molar-refractivity contribution in [3.05, 3.63) is 64.7 Å². The maximum atomic E-state index is 12.7. The van der Waals surface area contributed by atoms with Gasteiger partial charge in [0.05, 0.1) is 6.61 Å². The molecule has 0 unspecified atom stereocenters. The zero-order valence-electron chi connectivity index (χ0n) is 13.9. The van der Waals surface area contributed by atoms with Crippen LogP contribution in [0.3, 0.4) is 0 Å². The number of halogens is 1. The maximum Gasteiger partial charge on any atom is 0.249 e. The standard InChI is InChI=1S/C19H19ClN2O3/c1-13-5-7-14(8-6-13)10-22-17(11-25-12-18(22)23)19(24)21-16-4-2-3-15(20)9-16/h2-9,17H,10-12H2,1H3,(H,21,24)/t17-/m0/s1. The molecule has 2 amide bonds. The van der Waals surface area contributed by atoms with Crippen molar-refractivity contribution in [2.45, 2.75) is 19.5 Å². The fraction of sp³-hybridized carbons (Fsp3) is 0.263. The number of hydrogen-bond acceptors (Lipinski definition) is 3.